The van der Waals surface area contributed by atoms with Crippen LogP contribution in [-0.2, 0) is 12.8 Å². The van der Waals surface area contributed by atoms with Gasteiger partial charge in [0.15, 0.2) is 0 Å². The Bertz CT molecular complexity index is 900. The van der Waals surface area contributed by atoms with Crippen LogP contribution in [0.4, 0.5) is 5.69 Å². The lowest BCUT2D eigenvalue weighted by atomic mass is 9.90. The summed E-state index contributed by atoms with van der Waals surface area (Å²) in [5.74, 6) is 2.22. The van der Waals surface area contributed by atoms with E-state index in [1.807, 2.05) is 54.6 Å². The summed E-state index contributed by atoms with van der Waals surface area (Å²) in [7, 11) is 0. The number of carbonyl (C=O) groups is 1. The zero-order valence-corrected chi connectivity index (χ0v) is 15.5. The topological polar surface area (TPSA) is 38.3 Å². The predicted octanol–water partition coefficient (Wildman–Crippen LogP) is 5.92. The fourth-order valence-corrected chi connectivity index (χ4v) is 4.34. The van der Waals surface area contributed by atoms with Gasteiger partial charge in [-0.2, -0.15) is 0 Å². The fourth-order valence-electron chi connectivity index (χ4n) is 3.24. The SMILES string of the molecule is C[C@@H]1CCc2sc(C(=O)Nc3ccc(Oc4ccccc4)cc3)cc2C1. The molecule has 2 aromatic carbocycles. The quantitative estimate of drug-likeness (QED) is 0.625. The third kappa shape index (κ3) is 3.81. The zero-order valence-electron chi connectivity index (χ0n) is 14.7. The maximum atomic E-state index is 12.6. The highest BCUT2D eigenvalue weighted by Crippen LogP contribution is 2.32. The van der Waals surface area contributed by atoms with Gasteiger partial charge in [-0.15, -0.1) is 11.3 Å². The highest BCUT2D eigenvalue weighted by atomic mass is 32.1. The number of fused-ring (bicyclic) bond motifs is 1. The molecule has 1 heterocycles. The van der Waals surface area contributed by atoms with Crippen LogP contribution in [0.3, 0.4) is 0 Å². The van der Waals surface area contributed by atoms with Crippen LogP contribution in [0.25, 0.3) is 0 Å². The normalized spacial score (nSPS) is 16.0. The minimum Gasteiger partial charge on any atom is -0.457 e. The number of para-hydroxylation sites is 1. The van der Waals surface area contributed by atoms with Crippen molar-refractivity contribution in [2.75, 3.05) is 5.32 Å². The predicted molar refractivity (Wildman–Crippen MR) is 106 cm³/mol. The van der Waals surface area contributed by atoms with E-state index in [9.17, 15) is 4.79 Å². The molecule has 0 radical (unpaired) electrons. The molecule has 0 saturated heterocycles. The largest absolute Gasteiger partial charge is 0.457 e. The van der Waals surface area contributed by atoms with Crippen LogP contribution < -0.4 is 10.1 Å². The number of benzene rings is 2. The fraction of sp³-hybridized carbons (Fsp3) is 0.227. The lowest BCUT2D eigenvalue weighted by Crippen LogP contribution is -2.10. The van der Waals surface area contributed by atoms with Crippen LogP contribution in [0.2, 0.25) is 0 Å². The second-order valence-electron chi connectivity index (χ2n) is 6.80. The lowest BCUT2D eigenvalue weighted by molar-refractivity contribution is 0.103. The number of aryl methyl sites for hydroxylation is 1. The monoisotopic (exact) mass is 363 g/mol. The van der Waals surface area contributed by atoms with E-state index in [0.717, 1.165) is 34.9 Å². The van der Waals surface area contributed by atoms with Gasteiger partial charge in [0.1, 0.15) is 11.5 Å². The van der Waals surface area contributed by atoms with E-state index in [4.69, 9.17) is 4.74 Å². The second kappa shape index (κ2) is 7.34. The first kappa shape index (κ1) is 16.9. The van der Waals surface area contributed by atoms with Crippen molar-refractivity contribution in [1.82, 2.24) is 0 Å². The van der Waals surface area contributed by atoms with Crippen molar-refractivity contribution in [1.29, 1.82) is 0 Å². The number of rotatable bonds is 4. The van der Waals surface area contributed by atoms with Crippen LogP contribution in [-0.4, -0.2) is 5.91 Å². The maximum absolute atomic E-state index is 12.6. The van der Waals surface area contributed by atoms with Crippen LogP contribution in [0.15, 0.2) is 60.7 Å². The number of carbonyl (C=O) groups excluding carboxylic acids is 1. The summed E-state index contributed by atoms with van der Waals surface area (Å²) in [6.45, 7) is 2.28. The Morgan fingerprint density at radius 3 is 2.58 bits per heavy atom. The van der Waals surface area contributed by atoms with E-state index in [1.165, 1.54) is 16.9 Å². The van der Waals surface area contributed by atoms with Crippen LogP contribution in [0.5, 0.6) is 11.5 Å². The number of thiophene rings is 1. The van der Waals surface area contributed by atoms with Gasteiger partial charge in [0.05, 0.1) is 4.88 Å². The lowest BCUT2D eigenvalue weighted by Gasteiger charge is -2.16. The summed E-state index contributed by atoms with van der Waals surface area (Å²) in [6.07, 6.45) is 3.40. The molecule has 3 aromatic rings. The van der Waals surface area contributed by atoms with E-state index in [1.54, 1.807) is 11.3 Å². The summed E-state index contributed by atoms with van der Waals surface area (Å²) in [5, 5.41) is 2.99. The van der Waals surface area contributed by atoms with Gasteiger partial charge in [-0.1, -0.05) is 25.1 Å². The van der Waals surface area contributed by atoms with Gasteiger partial charge in [0.2, 0.25) is 0 Å². The molecule has 0 saturated carbocycles. The summed E-state index contributed by atoms with van der Waals surface area (Å²) in [4.78, 5) is 14.7. The molecule has 0 spiro atoms. The van der Waals surface area contributed by atoms with Gasteiger partial charge in [-0.05, 0) is 73.2 Å². The number of nitrogens with one attached hydrogen (secondary N) is 1. The smallest absolute Gasteiger partial charge is 0.265 e. The molecule has 132 valence electrons. The standard InChI is InChI=1S/C22H21NO2S/c1-15-7-12-20-16(13-15)14-21(26-20)22(24)23-17-8-10-19(11-9-17)25-18-5-3-2-4-6-18/h2-6,8-11,14-15H,7,12-13H2,1H3,(H,23,24)/t15-/m1/s1. The number of hydrogen-bond acceptors (Lipinski definition) is 3. The molecule has 0 fully saturated rings. The van der Waals surface area contributed by atoms with Crippen molar-refractivity contribution in [2.24, 2.45) is 5.92 Å². The Kier molecular flexibility index (Phi) is 4.76. The first-order valence-corrected chi connectivity index (χ1v) is 9.75. The Morgan fingerprint density at radius 2 is 1.81 bits per heavy atom. The van der Waals surface area contributed by atoms with Crippen molar-refractivity contribution in [3.05, 3.63) is 76.0 Å². The van der Waals surface area contributed by atoms with E-state index in [-0.39, 0.29) is 5.91 Å². The van der Waals surface area contributed by atoms with Crippen molar-refractivity contribution in [3.63, 3.8) is 0 Å². The molecule has 3 nitrogen and oxygen atoms in total. The van der Waals surface area contributed by atoms with Gasteiger partial charge in [-0.25, -0.2) is 0 Å². The minimum absolute atomic E-state index is 0.0335. The molecular formula is C22H21NO2S. The van der Waals surface area contributed by atoms with Gasteiger partial charge >= 0.3 is 0 Å². The summed E-state index contributed by atoms with van der Waals surface area (Å²) in [5.41, 5.74) is 2.13. The Labute approximate surface area is 157 Å². The van der Waals surface area contributed by atoms with E-state index >= 15 is 0 Å². The minimum atomic E-state index is -0.0335. The average Bonchev–Trinajstić information content (AvgIpc) is 3.07. The zero-order chi connectivity index (χ0) is 17.9. The molecule has 4 heteroatoms. The summed E-state index contributed by atoms with van der Waals surface area (Å²) >= 11 is 1.63. The maximum Gasteiger partial charge on any atom is 0.265 e. The first-order chi connectivity index (χ1) is 12.7. The highest BCUT2D eigenvalue weighted by molar-refractivity contribution is 7.14. The van der Waals surface area contributed by atoms with Crippen LogP contribution in [0, 0.1) is 5.92 Å². The van der Waals surface area contributed by atoms with Crippen LogP contribution >= 0.6 is 11.3 Å². The summed E-state index contributed by atoms with van der Waals surface area (Å²) < 4.78 is 5.78. The Balaban J connectivity index is 1.42. The number of amides is 1. The van der Waals surface area contributed by atoms with Gasteiger partial charge in [-0.3, -0.25) is 4.79 Å². The van der Waals surface area contributed by atoms with Crippen molar-refractivity contribution >= 4 is 22.9 Å². The Morgan fingerprint density at radius 1 is 1.08 bits per heavy atom. The molecule has 1 aromatic heterocycles. The molecule has 1 atom stereocenters. The van der Waals surface area contributed by atoms with E-state index in [2.05, 4.69) is 18.3 Å². The van der Waals surface area contributed by atoms with Crippen LogP contribution in [0.1, 0.15) is 33.5 Å². The molecular weight excluding hydrogens is 342 g/mol. The van der Waals surface area contributed by atoms with Gasteiger partial charge in [0, 0.05) is 10.6 Å². The molecule has 4 rings (SSSR count). The highest BCUT2D eigenvalue weighted by Gasteiger charge is 2.20. The van der Waals surface area contributed by atoms with Crippen molar-refractivity contribution < 1.29 is 9.53 Å². The molecule has 1 N–H and O–H groups in total. The third-order valence-corrected chi connectivity index (χ3v) is 5.88. The molecule has 26 heavy (non-hydrogen) atoms. The van der Waals surface area contributed by atoms with Crippen molar-refractivity contribution in [3.8, 4) is 11.5 Å². The molecule has 0 unspecified atom stereocenters. The average molecular weight is 363 g/mol. The Hall–Kier alpha value is -2.59. The molecule has 1 amide bonds. The molecule has 0 bridgehead atoms. The van der Waals surface area contributed by atoms with Crippen molar-refractivity contribution in [2.45, 2.75) is 26.2 Å². The number of ether oxygens (including phenoxy) is 1. The van der Waals surface area contributed by atoms with E-state index < -0.39 is 0 Å². The van der Waals surface area contributed by atoms with E-state index in [0.29, 0.717) is 5.92 Å². The summed E-state index contributed by atoms with van der Waals surface area (Å²) in [6, 6.07) is 19.2. The first-order valence-electron chi connectivity index (χ1n) is 8.93. The second-order valence-corrected chi connectivity index (χ2v) is 7.94. The third-order valence-electron chi connectivity index (χ3n) is 4.64. The van der Waals surface area contributed by atoms with Gasteiger partial charge in [0.25, 0.3) is 5.91 Å². The molecule has 1 aliphatic rings. The van der Waals surface area contributed by atoms with Gasteiger partial charge < -0.3 is 10.1 Å². The number of hydrogen-bond donors (Lipinski definition) is 1. The molecule has 0 aliphatic heterocycles. The number of anilines is 1. The molecule has 1 aliphatic carbocycles.